The molecular weight excluding hydrogens is 212 g/mol. The van der Waals surface area contributed by atoms with Crippen molar-refractivity contribution in [2.24, 2.45) is 5.84 Å². The first-order chi connectivity index (χ1) is 8.13. The Kier molecular flexibility index (Phi) is 3.06. The van der Waals surface area contributed by atoms with Crippen LogP contribution in [-0.4, -0.2) is 9.97 Å². The summed E-state index contributed by atoms with van der Waals surface area (Å²) in [6, 6.07) is 6.08. The number of hydrogen-bond donors (Lipinski definition) is 2. The number of rotatable bonds is 2. The lowest BCUT2D eigenvalue weighted by molar-refractivity contribution is 1.12. The van der Waals surface area contributed by atoms with E-state index in [2.05, 4.69) is 48.3 Å². The molecule has 0 fully saturated rings. The van der Waals surface area contributed by atoms with E-state index in [9.17, 15) is 0 Å². The molecule has 1 heterocycles. The van der Waals surface area contributed by atoms with Gasteiger partial charge in [0, 0.05) is 11.8 Å². The van der Waals surface area contributed by atoms with Gasteiger partial charge in [0.25, 0.3) is 0 Å². The summed E-state index contributed by atoms with van der Waals surface area (Å²) in [6.45, 7) is 6.34. The summed E-state index contributed by atoms with van der Waals surface area (Å²) in [4.78, 5) is 8.35. The fourth-order valence-electron chi connectivity index (χ4n) is 1.81. The lowest BCUT2D eigenvalue weighted by Crippen LogP contribution is -2.10. The molecule has 0 spiro atoms. The number of nitrogen functional groups attached to an aromatic ring is 1. The first kappa shape index (κ1) is 11.5. The van der Waals surface area contributed by atoms with Crippen molar-refractivity contribution in [3.8, 4) is 11.3 Å². The smallest absolute Gasteiger partial charge is 0.237 e. The van der Waals surface area contributed by atoms with Crippen molar-refractivity contribution in [2.75, 3.05) is 5.43 Å². The Morgan fingerprint density at radius 2 is 1.82 bits per heavy atom. The number of anilines is 1. The predicted molar refractivity (Wildman–Crippen MR) is 69.5 cm³/mol. The molecule has 0 aliphatic rings. The highest BCUT2D eigenvalue weighted by atomic mass is 15.3. The molecule has 0 saturated heterocycles. The van der Waals surface area contributed by atoms with Crippen LogP contribution in [0.25, 0.3) is 11.3 Å². The maximum absolute atomic E-state index is 5.31. The number of hydrogen-bond acceptors (Lipinski definition) is 4. The van der Waals surface area contributed by atoms with Gasteiger partial charge in [0.15, 0.2) is 0 Å². The summed E-state index contributed by atoms with van der Waals surface area (Å²) in [5.41, 5.74) is 8.29. The topological polar surface area (TPSA) is 63.8 Å². The second-order valence-corrected chi connectivity index (χ2v) is 4.09. The van der Waals surface area contributed by atoms with Crippen LogP contribution < -0.4 is 11.3 Å². The predicted octanol–water partition coefficient (Wildman–Crippen LogP) is 2.35. The van der Waals surface area contributed by atoms with E-state index < -0.39 is 0 Å². The monoisotopic (exact) mass is 228 g/mol. The van der Waals surface area contributed by atoms with Crippen LogP contribution in [0, 0.1) is 20.8 Å². The third-order valence-electron chi connectivity index (χ3n) is 3.12. The van der Waals surface area contributed by atoms with Gasteiger partial charge in [0.2, 0.25) is 5.95 Å². The van der Waals surface area contributed by atoms with Gasteiger partial charge in [-0.1, -0.05) is 12.1 Å². The van der Waals surface area contributed by atoms with Gasteiger partial charge in [-0.3, -0.25) is 5.43 Å². The van der Waals surface area contributed by atoms with Crippen LogP contribution in [0.2, 0.25) is 0 Å². The third kappa shape index (κ3) is 2.12. The second-order valence-electron chi connectivity index (χ2n) is 4.09. The average molecular weight is 228 g/mol. The third-order valence-corrected chi connectivity index (χ3v) is 3.12. The molecule has 17 heavy (non-hydrogen) atoms. The SMILES string of the molecule is Cc1ccc(-c2ccnc(NN)n2)c(C)c1C. The van der Waals surface area contributed by atoms with Crippen molar-refractivity contribution >= 4 is 5.95 Å². The molecule has 4 nitrogen and oxygen atoms in total. The molecule has 2 aromatic rings. The number of benzene rings is 1. The van der Waals surface area contributed by atoms with Gasteiger partial charge in [-0.15, -0.1) is 0 Å². The molecule has 0 radical (unpaired) electrons. The van der Waals surface area contributed by atoms with Crippen LogP contribution in [0.3, 0.4) is 0 Å². The molecular formula is C13H16N4. The quantitative estimate of drug-likeness (QED) is 0.611. The summed E-state index contributed by atoms with van der Waals surface area (Å²) in [6.07, 6.45) is 1.70. The van der Waals surface area contributed by atoms with Crippen LogP contribution >= 0.6 is 0 Å². The lowest BCUT2D eigenvalue weighted by Gasteiger charge is -2.11. The van der Waals surface area contributed by atoms with Crippen molar-refractivity contribution in [1.82, 2.24) is 9.97 Å². The highest BCUT2D eigenvalue weighted by Crippen LogP contribution is 2.26. The first-order valence-corrected chi connectivity index (χ1v) is 5.50. The maximum atomic E-state index is 5.31. The number of aromatic nitrogens is 2. The van der Waals surface area contributed by atoms with Gasteiger partial charge in [-0.2, -0.15) is 0 Å². The Hall–Kier alpha value is -1.94. The minimum Gasteiger partial charge on any atom is -0.292 e. The standard InChI is InChI=1S/C13H16N4/c1-8-4-5-11(10(3)9(8)2)12-6-7-15-13(16-12)17-14/h4-7H,14H2,1-3H3,(H,15,16,17). The van der Waals surface area contributed by atoms with Gasteiger partial charge in [0.1, 0.15) is 0 Å². The number of nitrogens with zero attached hydrogens (tertiary/aromatic N) is 2. The number of nitrogens with two attached hydrogens (primary N) is 1. The molecule has 2 rings (SSSR count). The number of nitrogens with one attached hydrogen (secondary N) is 1. The fraction of sp³-hybridized carbons (Fsp3) is 0.231. The van der Waals surface area contributed by atoms with Crippen molar-refractivity contribution in [2.45, 2.75) is 20.8 Å². The summed E-state index contributed by atoms with van der Waals surface area (Å²) in [7, 11) is 0. The van der Waals surface area contributed by atoms with Gasteiger partial charge in [-0.05, 0) is 43.5 Å². The van der Waals surface area contributed by atoms with E-state index in [-0.39, 0.29) is 0 Å². The molecule has 3 N–H and O–H groups in total. The van der Waals surface area contributed by atoms with E-state index >= 15 is 0 Å². The van der Waals surface area contributed by atoms with E-state index in [1.54, 1.807) is 6.20 Å². The summed E-state index contributed by atoms with van der Waals surface area (Å²) in [5, 5.41) is 0. The van der Waals surface area contributed by atoms with Gasteiger partial charge in [0.05, 0.1) is 5.69 Å². The zero-order valence-electron chi connectivity index (χ0n) is 10.3. The Morgan fingerprint density at radius 1 is 1.06 bits per heavy atom. The van der Waals surface area contributed by atoms with E-state index in [1.165, 1.54) is 16.7 Å². The summed E-state index contributed by atoms with van der Waals surface area (Å²) < 4.78 is 0. The zero-order valence-corrected chi connectivity index (χ0v) is 10.3. The first-order valence-electron chi connectivity index (χ1n) is 5.50. The largest absolute Gasteiger partial charge is 0.292 e. The van der Waals surface area contributed by atoms with Gasteiger partial charge in [-0.25, -0.2) is 15.8 Å². The molecule has 1 aromatic carbocycles. The second kappa shape index (κ2) is 4.51. The van der Waals surface area contributed by atoms with Crippen LogP contribution in [-0.2, 0) is 0 Å². The molecule has 0 bridgehead atoms. The molecule has 88 valence electrons. The Balaban J connectivity index is 2.56. The molecule has 0 aliphatic carbocycles. The molecule has 0 saturated carbocycles. The Bertz CT molecular complexity index is 549. The zero-order chi connectivity index (χ0) is 12.4. The highest BCUT2D eigenvalue weighted by molar-refractivity contribution is 5.66. The Morgan fingerprint density at radius 3 is 2.53 bits per heavy atom. The molecule has 0 unspecified atom stereocenters. The fourth-order valence-corrected chi connectivity index (χ4v) is 1.81. The molecule has 1 aromatic heterocycles. The van der Waals surface area contributed by atoms with E-state index in [4.69, 9.17) is 5.84 Å². The van der Waals surface area contributed by atoms with Crippen LogP contribution in [0.4, 0.5) is 5.95 Å². The normalized spacial score (nSPS) is 10.4. The van der Waals surface area contributed by atoms with Crippen molar-refractivity contribution in [3.05, 3.63) is 41.1 Å². The summed E-state index contributed by atoms with van der Waals surface area (Å²) >= 11 is 0. The van der Waals surface area contributed by atoms with Gasteiger partial charge >= 0.3 is 0 Å². The number of aryl methyl sites for hydroxylation is 1. The molecule has 4 heteroatoms. The maximum Gasteiger partial charge on any atom is 0.237 e. The van der Waals surface area contributed by atoms with Gasteiger partial charge < -0.3 is 0 Å². The minimum absolute atomic E-state index is 0.431. The molecule has 0 atom stereocenters. The van der Waals surface area contributed by atoms with Crippen LogP contribution in [0.5, 0.6) is 0 Å². The van der Waals surface area contributed by atoms with Crippen molar-refractivity contribution < 1.29 is 0 Å². The average Bonchev–Trinajstić information content (AvgIpc) is 2.36. The van der Waals surface area contributed by atoms with E-state index in [1.807, 2.05) is 6.07 Å². The number of hydrazine groups is 1. The highest BCUT2D eigenvalue weighted by Gasteiger charge is 2.07. The molecule has 0 aliphatic heterocycles. The van der Waals surface area contributed by atoms with E-state index in [0.717, 1.165) is 11.3 Å². The Labute approximate surface area is 101 Å². The molecule has 0 amide bonds. The van der Waals surface area contributed by atoms with Crippen LogP contribution in [0.1, 0.15) is 16.7 Å². The lowest BCUT2D eigenvalue weighted by atomic mass is 9.97. The minimum atomic E-state index is 0.431. The van der Waals surface area contributed by atoms with E-state index in [0.29, 0.717) is 5.95 Å². The van der Waals surface area contributed by atoms with Crippen LogP contribution in [0.15, 0.2) is 24.4 Å². The van der Waals surface area contributed by atoms with Crippen molar-refractivity contribution in [3.63, 3.8) is 0 Å². The van der Waals surface area contributed by atoms with Crippen molar-refractivity contribution in [1.29, 1.82) is 0 Å². The summed E-state index contributed by atoms with van der Waals surface area (Å²) in [5.74, 6) is 5.74.